The van der Waals surface area contributed by atoms with Gasteiger partial charge in [0.15, 0.2) is 21.3 Å². The van der Waals surface area contributed by atoms with Crippen LogP contribution in [0, 0.1) is 0 Å². The van der Waals surface area contributed by atoms with Crippen molar-refractivity contribution in [3.05, 3.63) is 29.7 Å². The van der Waals surface area contributed by atoms with E-state index in [0.717, 1.165) is 12.7 Å². The fraction of sp³-hybridized carbons (Fsp3) is 0.417. The number of carbonyl (C=O) groups excluding carboxylic acids is 1. The molecule has 7 heteroatoms. The molecule has 1 aliphatic rings. The molecule has 0 aliphatic carbocycles. The van der Waals surface area contributed by atoms with Crippen LogP contribution in [0.4, 0.5) is 0 Å². The van der Waals surface area contributed by atoms with Gasteiger partial charge in [0.05, 0.1) is 5.75 Å². The maximum Gasteiger partial charge on any atom is 0.169 e. The molecule has 1 atom stereocenters. The third-order valence-corrected chi connectivity index (χ3v) is 5.55. The van der Waals surface area contributed by atoms with Gasteiger partial charge in [-0.3, -0.25) is 4.79 Å². The topological polar surface area (TPSA) is 81.4 Å². The van der Waals surface area contributed by atoms with Crippen molar-refractivity contribution in [1.82, 2.24) is 14.6 Å². The van der Waals surface area contributed by atoms with Gasteiger partial charge in [-0.2, -0.15) is 0 Å². The van der Waals surface area contributed by atoms with Gasteiger partial charge >= 0.3 is 0 Å². The lowest BCUT2D eigenvalue weighted by Crippen LogP contribution is -2.22. The predicted octanol–water partition coefficient (Wildman–Crippen LogP) is 1.18. The molecule has 1 fully saturated rings. The summed E-state index contributed by atoms with van der Waals surface area (Å²) in [5.74, 6) is 0.537. The van der Waals surface area contributed by atoms with E-state index in [2.05, 4.69) is 10.1 Å². The highest BCUT2D eigenvalue weighted by Crippen LogP contribution is 2.31. The van der Waals surface area contributed by atoms with Gasteiger partial charge in [-0.25, -0.2) is 17.9 Å². The average molecular weight is 279 g/mol. The number of fused-ring (bicyclic) bond motifs is 1. The second-order valence-corrected chi connectivity index (χ2v) is 7.01. The molecular weight excluding hydrogens is 266 g/mol. The number of aldehydes is 1. The van der Waals surface area contributed by atoms with Gasteiger partial charge in [0.2, 0.25) is 0 Å². The number of hydrogen-bond acceptors (Lipinski definition) is 5. The molecule has 0 spiro atoms. The molecule has 100 valence electrons. The van der Waals surface area contributed by atoms with Gasteiger partial charge in [-0.05, 0) is 25.0 Å². The number of nitrogens with zero attached hydrogens (tertiary/aromatic N) is 3. The van der Waals surface area contributed by atoms with Gasteiger partial charge in [0.25, 0.3) is 0 Å². The van der Waals surface area contributed by atoms with Crippen LogP contribution in [-0.2, 0) is 9.84 Å². The molecule has 6 nitrogen and oxygen atoms in total. The fourth-order valence-electron chi connectivity index (χ4n) is 2.37. The Bertz CT molecular complexity index is 736. The van der Waals surface area contributed by atoms with Crippen molar-refractivity contribution in [1.29, 1.82) is 0 Å². The normalized spacial score (nSPS) is 22.4. The highest BCUT2D eigenvalue weighted by Gasteiger charge is 2.33. The molecule has 2 aromatic heterocycles. The van der Waals surface area contributed by atoms with E-state index in [1.54, 1.807) is 18.3 Å². The lowest BCUT2D eigenvalue weighted by Gasteiger charge is -2.19. The standard InChI is InChI=1S/C12H13N3O3S/c16-8-9-4-5-15-11(7-9)13-12(14-15)10-3-1-2-6-19(10,17)18/h4-5,7-8,10H,1-3,6H2. The molecule has 1 aliphatic heterocycles. The van der Waals surface area contributed by atoms with E-state index in [-0.39, 0.29) is 5.75 Å². The highest BCUT2D eigenvalue weighted by molar-refractivity contribution is 7.91. The molecule has 0 bridgehead atoms. The first-order valence-corrected chi connectivity index (χ1v) is 7.85. The minimum Gasteiger partial charge on any atom is -0.298 e. The summed E-state index contributed by atoms with van der Waals surface area (Å²) in [6.07, 6.45) is 4.50. The van der Waals surface area contributed by atoms with E-state index in [0.29, 0.717) is 29.9 Å². The first-order valence-electron chi connectivity index (χ1n) is 6.13. The van der Waals surface area contributed by atoms with E-state index < -0.39 is 15.1 Å². The zero-order valence-electron chi connectivity index (χ0n) is 10.2. The summed E-state index contributed by atoms with van der Waals surface area (Å²) >= 11 is 0. The van der Waals surface area contributed by atoms with Crippen molar-refractivity contribution < 1.29 is 13.2 Å². The minimum absolute atomic E-state index is 0.201. The van der Waals surface area contributed by atoms with Crippen LogP contribution in [0.1, 0.15) is 40.7 Å². The number of rotatable bonds is 2. The summed E-state index contributed by atoms with van der Waals surface area (Å²) < 4.78 is 25.6. The quantitative estimate of drug-likeness (QED) is 0.771. The molecule has 0 saturated carbocycles. The van der Waals surface area contributed by atoms with Crippen LogP contribution in [0.5, 0.6) is 0 Å². The van der Waals surface area contributed by atoms with Crippen molar-refractivity contribution in [3.8, 4) is 0 Å². The Kier molecular flexibility index (Phi) is 2.85. The van der Waals surface area contributed by atoms with E-state index in [1.165, 1.54) is 4.52 Å². The number of carbonyl (C=O) groups is 1. The van der Waals surface area contributed by atoms with Crippen LogP contribution in [0.15, 0.2) is 18.3 Å². The van der Waals surface area contributed by atoms with Gasteiger partial charge in [0, 0.05) is 11.8 Å². The Morgan fingerprint density at radius 2 is 2.21 bits per heavy atom. The molecule has 0 aromatic carbocycles. The molecular formula is C12H13N3O3S. The van der Waals surface area contributed by atoms with Crippen molar-refractivity contribution in [2.45, 2.75) is 24.5 Å². The zero-order chi connectivity index (χ0) is 13.5. The molecule has 0 amide bonds. The lowest BCUT2D eigenvalue weighted by molar-refractivity contribution is 0.112. The summed E-state index contributed by atoms with van der Waals surface area (Å²) in [7, 11) is -3.15. The Balaban J connectivity index is 2.07. The van der Waals surface area contributed by atoms with E-state index in [9.17, 15) is 13.2 Å². The zero-order valence-corrected chi connectivity index (χ0v) is 11.0. The molecule has 1 saturated heterocycles. The van der Waals surface area contributed by atoms with Gasteiger partial charge < -0.3 is 0 Å². The second-order valence-electron chi connectivity index (χ2n) is 4.70. The Hall–Kier alpha value is -1.76. The van der Waals surface area contributed by atoms with Crippen LogP contribution in [0.3, 0.4) is 0 Å². The number of aromatic nitrogens is 3. The summed E-state index contributed by atoms with van der Waals surface area (Å²) in [4.78, 5) is 15.0. The van der Waals surface area contributed by atoms with Gasteiger partial charge in [-0.1, -0.05) is 6.42 Å². The molecule has 1 unspecified atom stereocenters. The molecule has 3 rings (SSSR count). The SMILES string of the molecule is O=Cc1ccn2nc(C3CCCCS3(=O)=O)nc2c1. The van der Waals surface area contributed by atoms with E-state index in [4.69, 9.17) is 0 Å². The van der Waals surface area contributed by atoms with Crippen LogP contribution >= 0.6 is 0 Å². The van der Waals surface area contributed by atoms with Crippen LogP contribution in [-0.4, -0.2) is 35.1 Å². The van der Waals surface area contributed by atoms with Crippen LogP contribution in [0.2, 0.25) is 0 Å². The third kappa shape index (κ3) is 2.14. The fourth-order valence-corrected chi connectivity index (χ4v) is 4.21. The number of sulfone groups is 1. The summed E-state index contributed by atoms with van der Waals surface area (Å²) in [6, 6.07) is 3.22. The number of pyridine rings is 1. The van der Waals surface area contributed by atoms with Crippen LogP contribution in [0.25, 0.3) is 5.65 Å². The third-order valence-electron chi connectivity index (χ3n) is 3.38. The molecule has 3 heterocycles. The molecule has 19 heavy (non-hydrogen) atoms. The molecule has 0 radical (unpaired) electrons. The Morgan fingerprint density at radius 1 is 1.37 bits per heavy atom. The summed E-state index contributed by atoms with van der Waals surface area (Å²) in [5, 5.41) is 3.61. The minimum atomic E-state index is -3.15. The lowest BCUT2D eigenvalue weighted by atomic mass is 10.2. The van der Waals surface area contributed by atoms with Crippen molar-refractivity contribution >= 4 is 21.8 Å². The first kappa shape index (κ1) is 12.3. The largest absolute Gasteiger partial charge is 0.298 e. The van der Waals surface area contributed by atoms with E-state index >= 15 is 0 Å². The van der Waals surface area contributed by atoms with Crippen molar-refractivity contribution in [3.63, 3.8) is 0 Å². The average Bonchev–Trinajstić information content (AvgIpc) is 2.80. The van der Waals surface area contributed by atoms with Gasteiger partial charge in [0.1, 0.15) is 11.5 Å². The summed E-state index contributed by atoms with van der Waals surface area (Å²) in [5.41, 5.74) is 0.998. The van der Waals surface area contributed by atoms with E-state index in [1.807, 2.05) is 0 Å². The maximum atomic E-state index is 12.0. The molecule has 0 N–H and O–H groups in total. The maximum absolute atomic E-state index is 12.0. The van der Waals surface area contributed by atoms with Crippen LogP contribution < -0.4 is 0 Å². The predicted molar refractivity (Wildman–Crippen MR) is 68.8 cm³/mol. The molecule has 2 aromatic rings. The Morgan fingerprint density at radius 3 is 2.95 bits per heavy atom. The van der Waals surface area contributed by atoms with Gasteiger partial charge in [-0.15, -0.1) is 5.10 Å². The first-order chi connectivity index (χ1) is 9.10. The van der Waals surface area contributed by atoms with Crippen molar-refractivity contribution in [2.24, 2.45) is 0 Å². The second kappa shape index (κ2) is 4.41. The Labute approximate surface area is 110 Å². The monoisotopic (exact) mass is 279 g/mol. The summed E-state index contributed by atoms with van der Waals surface area (Å²) in [6.45, 7) is 0. The highest BCUT2D eigenvalue weighted by atomic mass is 32.2. The smallest absolute Gasteiger partial charge is 0.169 e. The van der Waals surface area contributed by atoms with Crippen molar-refractivity contribution in [2.75, 3.05) is 5.75 Å². The number of hydrogen-bond donors (Lipinski definition) is 0.